The maximum absolute atomic E-state index is 10.2. The molecule has 1 N–H and O–H groups in total. The standard InChI is InChI=1S/C12H13NOS/c1-8-4-3-5-10(6-8)11(14)12-9(2)13-7-15-12/h3-7,11,14H,1-2H3. The van der Waals surface area contributed by atoms with Gasteiger partial charge in [0.05, 0.1) is 16.1 Å². The van der Waals surface area contributed by atoms with Gasteiger partial charge < -0.3 is 5.11 Å². The van der Waals surface area contributed by atoms with Crippen molar-refractivity contribution in [3.8, 4) is 0 Å². The first kappa shape index (κ1) is 10.3. The smallest absolute Gasteiger partial charge is 0.115 e. The van der Waals surface area contributed by atoms with Gasteiger partial charge in [-0.05, 0) is 19.4 Å². The van der Waals surface area contributed by atoms with Crippen molar-refractivity contribution in [2.24, 2.45) is 0 Å². The molecule has 0 fully saturated rings. The third-order valence-electron chi connectivity index (χ3n) is 2.39. The van der Waals surface area contributed by atoms with E-state index in [2.05, 4.69) is 4.98 Å². The first-order valence-corrected chi connectivity index (χ1v) is 5.71. The van der Waals surface area contributed by atoms with E-state index in [0.29, 0.717) is 0 Å². The molecule has 0 aliphatic heterocycles. The van der Waals surface area contributed by atoms with Gasteiger partial charge >= 0.3 is 0 Å². The molecule has 0 saturated carbocycles. The Hall–Kier alpha value is -1.19. The lowest BCUT2D eigenvalue weighted by atomic mass is 10.1. The van der Waals surface area contributed by atoms with E-state index >= 15 is 0 Å². The summed E-state index contributed by atoms with van der Waals surface area (Å²) in [6.07, 6.45) is -0.544. The summed E-state index contributed by atoms with van der Waals surface area (Å²) < 4.78 is 0. The number of hydrogen-bond donors (Lipinski definition) is 1. The molecule has 15 heavy (non-hydrogen) atoms. The topological polar surface area (TPSA) is 33.1 Å². The second kappa shape index (κ2) is 4.13. The fourth-order valence-corrected chi connectivity index (χ4v) is 2.38. The minimum atomic E-state index is -0.544. The molecule has 0 aliphatic rings. The molecule has 0 saturated heterocycles. The van der Waals surface area contributed by atoms with Gasteiger partial charge in [0, 0.05) is 0 Å². The summed E-state index contributed by atoms with van der Waals surface area (Å²) in [6, 6.07) is 7.93. The van der Waals surface area contributed by atoms with Gasteiger partial charge in [-0.15, -0.1) is 11.3 Å². The van der Waals surface area contributed by atoms with E-state index < -0.39 is 6.10 Å². The molecule has 0 amide bonds. The van der Waals surface area contributed by atoms with Crippen LogP contribution in [0.15, 0.2) is 29.8 Å². The molecular formula is C12H13NOS. The highest BCUT2D eigenvalue weighted by Crippen LogP contribution is 2.27. The van der Waals surface area contributed by atoms with Gasteiger partial charge in [-0.2, -0.15) is 0 Å². The van der Waals surface area contributed by atoms with Crippen molar-refractivity contribution in [3.63, 3.8) is 0 Å². The molecule has 1 aromatic carbocycles. The molecule has 0 aliphatic carbocycles. The number of hydrogen-bond acceptors (Lipinski definition) is 3. The van der Waals surface area contributed by atoms with Crippen LogP contribution in [0, 0.1) is 13.8 Å². The molecule has 2 rings (SSSR count). The molecule has 1 atom stereocenters. The summed E-state index contributed by atoms with van der Waals surface area (Å²) in [7, 11) is 0. The number of aliphatic hydroxyl groups is 1. The summed E-state index contributed by atoms with van der Waals surface area (Å²) in [5.74, 6) is 0. The summed E-state index contributed by atoms with van der Waals surface area (Å²) in [5.41, 5.74) is 4.77. The Bertz CT molecular complexity index is 464. The number of aliphatic hydroxyl groups excluding tert-OH is 1. The lowest BCUT2D eigenvalue weighted by Crippen LogP contribution is -1.99. The number of benzene rings is 1. The van der Waals surface area contributed by atoms with Crippen molar-refractivity contribution >= 4 is 11.3 Å². The van der Waals surface area contributed by atoms with E-state index in [1.165, 1.54) is 11.3 Å². The van der Waals surface area contributed by atoms with Crippen LogP contribution in [0.1, 0.15) is 27.8 Å². The Kier molecular flexibility index (Phi) is 2.84. The third-order valence-corrected chi connectivity index (χ3v) is 3.37. The van der Waals surface area contributed by atoms with Gasteiger partial charge in [-0.25, -0.2) is 4.98 Å². The van der Waals surface area contributed by atoms with Crippen LogP contribution >= 0.6 is 11.3 Å². The van der Waals surface area contributed by atoms with Gasteiger partial charge in [0.2, 0.25) is 0 Å². The van der Waals surface area contributed by atoms with E-state index in [9.17, 15) is 5.11 Å². The molecular weight excluding hydrogens is 206 g/mol. The molecule has 1 heterocycles. The second-order valence-electron chi connectivity index (χ2n) is 3.62. The Morgan fingerprint density at radius 1 is 1.33 bits per heavy atom. The average Bonchev–Trinajstić information content (AvgIpc) is 2.63. The van der Waals surface area contributed by atoms with Gasteiger partial charge in [0.25, 0.3) is 0 Å². The molecule has 1 unspecified atom stereocenters. The van der Waals surface area contributed by atoms with Crippen LogP contribution in [0.2, 0.25) is 0 Å². The minimum Gasteiger partial charge on any atom is -0.383 e. The SMILES string of the molecule is Cc1cccc(C(O)c2scnc2C)c1. The highest BCUT2D eigenvalue weighted by molar-refractivity contribution is 7.09. The molecule has 2 nitrogen and oxygen atoms in total. The highest BCUT2D eigenvalue weighted by Gasteiger charge is 2.14. The summed E-state index contributed by atoms with van der Waals surface area (Å²) >= 11 is 1.50. The van der Waals surface area contributed by atoms with Crippen LogP contribution in [-0.4, -0.2) is 10.1 Å². The van der Waals surface area contributed by atoms with Gasteiger partial charge in [0.15, 0.2) is 0 Å². The van der Waals surface area contributed by atoms with Crippen LogP contribution in [0.5, 0.6) is 0 Å². The number of nitrogens with zero attached hydrogens (tertiary/aromatic N) is 1. The normalized spacial score (nSPS) is 12.7. The lowest BCUT2D eigenvalue weighted by Gasteiger charge is -2.10. The summed E-state index contributed by atoms with van der Waals surface area (Å²) in [6.45, 7) is 3.95. The first-order chi connectivity index (χ1) is 7.18. The average molecular weight is 219 g/mol. The van der Waals surface area contributed by atoms with Crippen LogP contribution < -0.4 is 0 Å². The van der Waals surface area contributed by atoms with Crippen LogP contribution in [0.4, 0.5) is 0 Å². The van der Waals surface area contributed by atoms with Crippen LogP contribution in [0.3, 0.4) is 0 Å². The molecule has 2 aromatic rings. The summed E-state index contributed by atoms with van der Waals surface area (Å²) in [4.78, 5) is 5.08. The molecule has 0 spiro atoms. The summed E-state index contributed by atoms with van der Waals surface area (Å²) in [5, 5.41) is 10.2. The van der Waals surface area contributed by atoms with Crippen LogP contribution in [-0.2, 0) is 0 Å². The zero-order valence-corrected chi connectivity index (χ0v) is 9.58. The second-order valence-corrected chi connectivity index (χ2v) is 4.51. The predicted octanol–water partition coefficient (Wildman–Crippen LogP) is 2.84. The first-order valence-electron chi connectivity index (χ1n) is 4.83. The zero-order chi connectivity index (χ0) is 10.8. The zero-order valence-electron chi connectivity index (χ0n) is 8.77. The maximum atomic E-state index is 10.2. The Morgan fingerprint density at radius 3 is 2.73 bits per heavy atom. The number of rotatable bonds is 2. The Morgan fingerprint density at radius 2 is 2.13 bits per heavy atom. The minimum absolute atomic E-state index is 0.544. The largest absolute Gasteiger partial charge is 0.383 e. The lowest BCUT2D eigenvalue weighted by molar-refractivity contribution is 0.223. The fraction of sp³-hybridized carbons (Fsp3) is 0.250. The number of aryl methyl sites for hydroxylation is 2. The monoisotopic (exact) mass is 219 g/mol. The maximum Gasteiger partial charge on any atom is 0.115 e. The van der Waals surface area contributed by atoms with E-state index in [1.807, 2.05) is 38.1 Å². The van der Waals surface area contributed by atoms with Crippen molar-refractivity contribution in [3.05, 3.63) is 51.5 Å². The predicted molar refractivity (Wildman–Crippen MR) is 62.1 cm³/mol. The van der Waals surface area contributed by atoms with E-state index in [0.717, 1.165) is 21.7 Å². The highest BCUT2D eigenvalue weighted by atomic mass is 32.1. The van der Waals surface area contributed by atoms with Crippen LogP contribution in [0.25, 0.3) is 0 Å². The number of aromatic nitrogens is 1. The third kappa shape index (κ3) is 2.08. The molecule has 78 valence electrons. The number of thiazole rings is 1. The van der Waals surface area contributed by atoms with E-state index in [-0.39, 0.29) is 0 Å². The van der Waals surface area contributed by atoms with Gasteiger partial charge in [-0.3, -0.25) is 0 Å². The molecule has 0 bridgehead atoms. The van der Waals surface area contributed by atoms with Crippen molar-refractivity contribution in [1.82, 2.24) is 4.98 Å². The Labute approximate surface area is 93.2 Å². The van der Waals surface area contributed by atoms with Crippen molar-refractivity contribution < 1.29 is 5.11 Å². The Balaban J connectivity index is 2.36. The molecule has 1 aromatic heterocycles. The molecule has 3 heteroatoms. The van der Waals surface area contributed by atoms with E-state index in [1.54, 1.807) is 5.51 Å². The van der Waals surface area contributed by atoms with Crippen molar-refractivity contribution in [1.29, 1.82) is 0 Å². The molecule has 0 radical (unpaired) electrons. The van der Waals surface area contributed by atoms with E-state index in [4.69, 9.17) is 0 Å². The fourth-order valence-electron chi connectivity index (χ4n) is 1.56. The van der Waals surface area contributed by atoms with Gasteiger partial charge in [0.1, 0.15) is 6.10 Å². The van der Waals surface area contributed by atoms with Gasteiger partial charge in [-0.1, -0.05) is 29.8 Å². The van der Waals surface area contributed by atoms with Crippen molar-refractivity contribution in [2.45, 2.75) is 20.0 Å². The van der Waals surface area contributed by atoms with Crippen molar-refractivity contribution in [2.75, 3.05) is 0 Å². The quantitative estimate of drug-likeness (QED) is 0.842.